The van der Waals surface area contributed by atoms with Crippen molar-refractivity contribution < 1.29 is 14.8 Å². The second-order valence-corrected chi connectivity index (χ2v) is 3.86. The number of aliphatic hydroxyl groups is 1. The van der Waals surface area contributed by atoms with Crippen LogP contribution in [0.5, 0.6) is 0 Å². The molecule has 0 spiro atoms. The number of non-ortho nitro benzene ring substituents is 1. The van der Waals surface area contributed by atoms with E-state index >= 15 is 0 Å². The normalized spacial score (nSPS) is 15.5. The zero-order chi connectivity index (χ0) is 12.3. The Bertz CT molecular complexity index is 468. The molecule has 5 heteroatoms. The number of nitro groups is 1. The Morgan fingerprint density at radius 3 is 2.82 bits per heavy atom. The number of aliphatic hydroxyl groups excluding tert-OH is 1. The minimum Gasteiger partial charge on any atom is -0.392 e. The molecule has 0 aliphatic carbocycles. The molecule has 0 amide bonds. The molecule has 2 rings (SSSR count). The molecular weight excluding hydrogens is 222 g/mol. The van der Waals surface area contributed by atoms with Gasteiger partial charge in [0, 0.05) is 12.1 Å². The lowest BCUT2D eigenvalue weighted by atomic mass is 9.99. The largest absolute Gasteiger partial charge is 0.392 e. The van der Waals surface area contributed by atoms with Crippen molar-refractivity contribution in [3.8, 4) is 0 Å². The van der Waals surface area contributed by atoms with Gasteiger partial charge in [-0.15, -0.1) is 0 Å². The lowest BCUT2D eigenvalue weighted by molar-refractivity contribution is -0.385. The number of nitro benzene ring substituents is 1. The lowest BCUT2D eigenvalue weighted by Crippen LogP contribution is -2.04. The number of nitrogens with zero attached hydrogens (tertiary/aromatic N) is 1. The van der Waals surface area contributed by atoms with Gasteiger partial charge in [-0.3, -0.25) is 10.1 Å². The highest BCUT2D eigenvalue weighted by Gasteiger charge is 2.13. The van der Waals surface area contributed by atoms with Crippen LogP contribution < -0.4 is 0 Å². The van der Waals surface area contributed by atoms with E-state index in [-0.39, 0.29) is 12.3 Å². The molecule has 1 N–H and O–H groups in total. The van der Waals surface area contributed by atoms with Gasteiger partial charge in [-0.05, 0) is 29.2 Å². The summed E-state index contributed by atoms with van der Waals surface area (Å²) in [6, 6.07) is 4.71. The molecule has 1 aromatic rings. The van der Waals surface area contributed by atoms with E-state index < -0.39 is 4.92 Å². The molecule has 1 aromatic carbocycles. The monoisotopic (exact) mass is 235 g/mol. The van der Waals surface area contributed by atoms with Gasteiger partial charge in [0.2, 0.25) is 0 Å². The third-order valence-corrected chi connectivity index (χ3v) is 2.71. The minimum atomic E-state index is -0.442. The van der Waals surface area contributed by atoms with Crippen molar-refractivity contribution in [2.75, 3.05) is 13.2 Å². The summed E-state index contributed by atoms with van der Waals surface area (Å²) in [5.41, 5.74) is 2.40. The number of hydrogen-bond donors (Lipinski definition) is 1. The van der Waals surface area contributed by atoms with Gasteiger partial charge >= 0.3 is 0 Å². The average Bonchev–Trinajstić information content (AvgIpc) is 2.39. The van der Waals surface area contributed by atoms with Crippen LogP contribution in [0.25, 0.3) is 5.57 Å². The topological polar surface area (TPSA) is 72.6 Å². The summed E-state index contributed by atoms with van der Waals surface area (Å²) >= 11 is 0. The van der Waals surface area contributed by atoms with Gasteiger partial charge in [0.25, 0.3) is 5.69 Å². The molecule has 0 fully saturated rings. The van der Waals surface area contributed by atoms with Crippen LogP contribution in [-0.4, -0.2) is 23.2 Å². The standard InChI is InChI=1S/C12H13NO4/c14-8-9-5-11(7-12(6-9)13(15)16)10-1-3-17-4-2-10/h1,5-7,14H,2-4,8H2. The first-order valence-corrected chi connectivity index (χ1v) is 5.37. The van der Waals surface area contributed by atoms with Crippen molar-refractivity contribution in [2.45, 2.75) is 13.0 Å². The second-order valence-electron chi connectivity index (χ2n) is 3.86. The van der Waals surface area contributed by atoms with Crippen molar-refractivity contribution in [2.24, 2.45) is 0 Å². The van der Waals surface area contributed by atoms with Crippen molar-refractivity contribution >= 4 is 11.3 Å². The summed E-state index contributed by atoms with van der Waals surface area (Å²) in [4.78, 5) is 10.3. The Hall–Kier alpha value is -1.72. The molecule has 0 bridgehead atoms. The third-order valence-electron chi connectivity index (χ3n) is 2.71. The molecule has 0 saturated heterocycles. The van der Waals surface area contributed by atoms with Crippen LogP contribution in [0.15, 0.2) is 24.3 Å². The molecule has 0 radical (unpaired) electrons. The summed E-state index contributed by atoms with van der Waals surface area (Å²) in [6.07, 6.45) is 2.66. The van der Waals surface area contributed by atoms with E-state index in [1.165, 1.54) is 12.1 Å². The summed E-state index contributed by atoms with van der Waals surface area (Å²) in [6.45, 7) is 0.966. The highest BCUT2D eigenvalue weighted by atomic mass is 16.6. The molecule has 1 heterocycles. The van der Waals surface area contributed by atoms with Crippen LogP contribution in [-0.2, 0) is 11.3 Å². The predicted molar refractivity (Wildman–Crippen MR) is 62.4 cm³/mol. The van der Waals surface area contributed by atoms with Gasteiger partial charge in [-0.1, -0.05) is 6.08 Å². The molecule has 5 nitrogen and oxygen atoms in total. The third kappa shape index (κ3) is 2.69. The smallest absolute Gasteiger partial charge is 0.270 e. The van der Waals surface area contributed by atoms with Crippen LogP contribution in [0.4, 0.5) is 5.69 Å². The van der Waals surface area contributed by atoms with E-state index in [1.807, 2.05) is 6.08 Å². The molecule has 90 valence electrons. The molecule has 0 unspecified atom stereocenters. The zero-order valence-corrected chi connectivity index (χ0v) is 9.26. The summed E-state index contributed by atoms with van der Waals surface area (Å²) in [7, 11) is 0. The molecule has 0 aromatic heterocycles. The average molecular weight is 235 g/mol. The fourth-order valence-corrected chi connectivity index (χ4v) is 1.85. The Morgan fingerprint density at radius 1 is 1.41 bits per heavy atom. The van der Waals surface area contributed by atoms with Crippen LogP contribution in [0.1, 0.15) is 17.5 Å². The highest BCUT2D eigenvalue weighted by Crippen LogP contribution is 2.26. The second kappa shape index (κ2) is 5.07. The van der Waals surface area contributed by atoms with E-state index in [1.54, 1.807) is 6.07 Å². The summed E-state index contributed by atoms with van der Waals surface area (Å²) in [5, 5.41) is 19.9. The molecule has 1 aliphatic heterocycles. The first-order chi connectivity index (χ1) is 8.20. The zero-order valence-electron chi connectivity index (χ0n) is 9.26. The van der Waals surface area contributed by atoms with E-state index in [2.05, 4.69) is 0 Å². The van der Waals surface area contributed by atoms with Gasteiger partial charge < -0.3 is 9.84 Å². The number of hydrogen-bond acceptors (Lipinski definition) is 4. The van der Waals surface area contributed by atoms with Crippen molar-refractivity contribution in [1.29, 1.82) is 0 Å². The van der Waals surface area contributed by atoms with Gasteiger partial charge in [-0.25, -0.2) is 0 Å². The van der Waals surface area contributed by atoms with Gasteiger partial charge in [0.1, 0.15) is 0 Å². The number of benzene rings is 1. The van der Waals surface area contributed by atoms with E-state index in [0.717, 1.165) is 17.6 Å². The van der Waals surface area contributed by atoms with Gasteiger partial charge in [0.15, 0.2) is 0 Å². The van der Waals surface area contributed by atoms with E-state index in [0.29, 0.717) is 18.8 Å². The number of ether oxygens (including phenoxy) is 1. The van der Waals surface area contributed by atoms with Crippen molar-refractivity contribution in [3.05, 3.63) is 45.5 Å². The summed E-state index contributed by atoms with van der Waals surface area (Å²) < 4.78 is 5.20. The fourth-order valence-electron chi connectivity index (χ4n) is 1.85. The maximum atomic E-state index is 10.8. The molecular formula is C12H13NO4. The Balaban J connectivity index is 2.42. The van der Waals surface area contributed by atoms with Crippen molar-refractivity contribution in [3.63, 3.8) is 0 Å². The first-order valence-electron chi connectivity index (χ1n) is 5.37. The summed E-state index contributed by atoms with van der Waals surface area (Å²) in [5.74, 6) is 0. The Labute approximate surface area is 98.5 Å². The lowest BCUT2D eigenvalue weighted by Gasteiger charge is -2.14. The van der Waals surface area contributed by atoms with Crippen molar-refractivity contribution in [1.82, 2.24) is 0 Å². The molecule has 0 saturated carbocycles. The number of rotatable bonds is 3. The fraction of sp³-hybridized carbons (Fsp3) is 0.333. The quantitative estimate of drug-likeness (QED) is 0.641. The van der Waals surface area contributed by atoms with Crippen LogP contribution in [0, 0.1) is 10.1 Å². The predicted octanol–water partition coefficient (Wildman–Crippen LogP) is 1.89. The van der Waals surface area contributed by atoms with Gasteiger partial charge in [0.05, 0.1) is 24.7 Å². The Kier molecular flexibility index (Phi) is 3.51. The van der Waals surface area contributed by atoms with Gasteiger partial charge in [-0.2, -0.15) is 0 Å². The van der Waals surface area contributed by atoms with Crippen LogP contribution >= 0.6 is 0 Å². The van der Waals surface area contributed by atoms with Crippen LogP contribution in [0.3, 0.4) is 0 Å². The van der Waals surface area contributed by atoms with E-state index in [4.69, 9.17) is 9.84 Å². The minimum absolute atomic E-state index is 0.0129. The van der Waals surface area contributed by atoms with E-state index in [9.17, 15) is 10.1 Å². The van der Waals surface area contributed by atoms with Crippen LogP contribution in [0.2, 0.25) is 0 Å². The maximum Gasteiger partial charge on any atom is 0.270 e. The first kappa shape index (κ1) is 11.8. The highest BCUT2D eigenvalue weighted by molar-refractivity contribution is 5.68. The maximum absolute atomic E-state index is 10.8. The molecule has 17 heavy (non-hydrogen) atoms. The molecule has 1 aliphatic rings. The Morgan fingerprint density at radius 2 is 2.24 bits per heavy atom. The SMILES string of the molecule is O=[N+]([O-])c1cc(CO)cc(C2=CCOCC2)c1. The molecule has 0 atom stereocenters.